The normalized spacial score (nSPS) is 14.8. The number of rotatable bonds is 3. The summed E-state index contributed by atoms with van der Waals surface area (Å²) in [4.78, 5) is 16.6. The van der Waals surface area contributed by atoms with Gasteiger partial charge in [0.1, 0.15) is 0 Å². The molecule has 1 saturated heterocycles. The molecule has 8 nitrogen and oxygen atoms in total. The van der Waals surface area contributed by atoms with Crippen molar-refractivity contribution >= 4 is 17.1 Å². The number of nitrogens with zero attached hydrogens (tertiary/aromatic N) is 4. The molecule has 3 aromatic heterocycles. The first kappa shape index (κ1) is 20.6. The smallest absolute Gasteiger partial charge is 0.261 e. The van der Waals surface area contributed by atoms with Gasteiger partial charge in [-0.3, -0.25) is 4.79 Å². The molecule has 0 atom stereocenters. The summed E-state index contributed by atoms with van der Waals surface area (Å²) < 4.78 is 30.2. The van der Waals surface area contributed by atoms with E-state index in [4.69, 9.17) is 4.52 Å². The van der Waals surface area contributed by atoms with E-state index in [1.165, 1.54) is 6.39 Å². The summed E-state index contributed by atoms with van der Waals surface area (Å²) in [6.07, 6.45) is 4.64. The van der Waals surface area contributed by atoms with Crippen LogP contribution in [0.15, 0.2) is 59.7 Å². The van der Waals surface area contributed by atoms with E-state index < -0.39 is 5.92 Å². The Balaban J connectivity index is 0.000000282. The summed E-state index contributed by atoms with van der Waals surface area (Å²) in [5, 5.41) is 13.5. The zero-order chi connectivity index (χ0) is 21.8. The molecule has 10 heteroatoms. The maximum absolute atomic E-state index is 12.6. The van der Waals surface area contributed by atoms with Gasteiger partial charge in [0.15, 0.2) is 0 Å². The number of pyridine rings is 1. The second kappa shape index (κ2) is 8.60. The number of benzene rings is 1. The number of anilines is 1. The average Bonchev–Trinajstić information content (AvgIpc) is 3.50. The number of nitrogens with one attached hydrogen (secondary N) is 2. The third-order valence-electron chi connectivity index (χ3n) is 4.83. The SMILES string of the molecule is Cc1ccc(-c2ncon2)cc1NC(=O)c1cnn2ccccc12.FC1(F)CCNC1. The summed E-state index contributed by atoms with van der Waals surface area (Å²) in [5.74, 6) is -2.16. The second-order valence-electron chi connectivity index (χ2n) is 7.11. The molecule has 5 rings (SSSR count). The molecule has 160 valence electrons. The van der Waals surface area contributed by atoms with Gasteiger partial charge < -0.3 is 15.2 Å². The molecular weight excluding hydrogens is 406 g/mol. The average molecular weight is 426 g/mol. The molecule has 4 heterocycles. The molecular formula is C21H20F2N6O2. The number of amides is 1. The number of alkyl halides is 2. The Morgan fingerprint density at radius 2 is 2.16 bits per heavy atom. The van der Waals surface area contributed by atoms with Gasteiger partial charge in [-0.15, -0.1) is 0 Å². The predicted octanol–water partition coefficient (Wildman–Crippen LogP) is 3.56. The van der Waals surface area contributed by atoms with Crippen LogP contribution in [-0.2, 0) is 0 Å². The lowest BCUT2D eigenvalue weighted by atomic mass is 10.1. The minimum atomic E-state index is -2.42. The summed E-state index contributed by atoms with van der Waals surface area (Å²) in [6, 6.07) is 11.2. The Bertz CT molecular complexity index is 1180. The standard InChI is InChI=1S/C17H13N5O2.C4H7F2N/c1-11-5-6-12(16-18-10-24-21-16)8-14(11)20-17(23)13-9-19-22-7-3-2-4-15(13)22;5-4(6)1-2-7-3-4/h2-10H,1H3,(H,20,23);7H,1-3H2. The molecule has 0 spiro atoms. The first-order valence-electron chi connectivity index (χ1n) is 9.63. The monoisotopic (exact) mass is 426 g/mol. The van der Waals surface area contributed by atoms with Crippen molar-refractivity contribution < 1.29 is 18.1 Å². The minimum Gasteiger partial charge on any atom is -0.342 e. The van der Waals surface area contributed by atoms with Crippen LogP contribution in [0.2, 0.25) is 0 Å². The molecule has 1 fully saturated rings. The first-order valence-corrected chi connectivity index (χ1v) is 9.63. The molecule has 0 unspecified atom stereocenters. The Labute approximate surface area is 176 Å². The highest BCUT2D eigenvalue weighted by atomic mass is 19.3. The molecule has 0 radical (unpaired) electrons. The molecule has 1 aromatic carbocycles. The van der Waals surface area contributed by atoms with Crippen molar-refractivity contribution in [3.63, 3.8) is 0 Å². The first-order chi connectivity index (χ1) is 14.9. The maximum Gasteiger partial charge on any atom is 0.261 e. The molecule has 31 heavy (non-hydrogen) atoms. The highest BCUT2D eigenvalue weighted by molar-refractivity contribution is 6.09. The van der Waals surface area contributed by atoms with E-state index in [2.05, 4.69) is 25.9 Å². The fourth-order valence-electron chi connectivity index (χ4n) is 3.12. The van der Waals surface area contributed by atoms with Crippen molar-refractivity contribution in [1.82, 2.24) is 25.1 Å². The Morgan fingerprint density at radius 3 is 2.84 bits per heavy atom. The third-order valence-corrected chi connectivity index (χ3v) is 4.83. The van der Waals surface area contributed by atoms with E-state index in [0.29, 0.717) is 23.6 Å². The van der Waals surface area contributed by atoms with Crippen LogP contribution in [0.5, 0.6) is 0 Å². The number of carbonyl (C=O) groups excluding carboxylic acids is 1. The van der Waals surface area contributed by atoms with Crippen LogP contribution in [0.3, 0.4) is 0 Å². The van der Waals surface area contributed by atoms with Crippen molar-refractivity contribution in [1.29, 1.82) is 0 Å². The van der Waals surface area contributed by atoms with Crippen LogP contribution in [-0.4, -0.2) is 44.7 Å². The van der Waals surface area contributed by atoms with Gasteiger partial charge in [0.25, 0.3) is 11.8 Å². The molecule has 0 bridgehead atoms. The van der Waals surface area contributed by atoms with E-state index in [9.17, 15) is 13.6 Å². The Morgan fingerprint density at radius 1 is 1.29 bits per heavy atom. The molecule has 0 aliphatic carbocycles. The van der Waals surface area contributed by atoms with Gasteiger partial charge in [0.2, 0.25) is 12.2 Å². The number of aromatic nitrogens is 4. The number of aryl methyl sites for hydroxylation is 1. The van der Waals surface area contributed by atoms with E-state index in [1.54, 1.807) is 16.9 Å². The predicted molar refractivity (Wildman–Crippen MR) is 110 cm³/mol. The maximum atomic E-state index is 12.6. The van der Waals surface area contributed by atoms with E-state index in [-0.39, 0.29) is 18.9 Å². The van der Waals surface area contributed by atoms with Crippen molar-refractivity contribution in [2.24, 2.45) is 0 Å². The van der Waals surface area contributed by atoms with Gasteiger partial charge in [-0.25, -0.2) is 13.3 Å². The van der Waals surface area contributed by atoms with Gasteiger partial charge in [-0.1, -0.05) is 23.4 Å². The van der Waals surface area contributed by atoms with Crippen LogP contribution in [0, 0.1) is 6.92 Å². The van der Waals surface area contributed by atoms with Gasteiger partial charge in [-0.05, 0) is 30.7 Å². The number of fused-ring (bicyclic) bond motifs is 1. The summed E-state index contributed by atoms with van der Waals surface area (Å²) in [5.41, 5.74) is 3.66. The molecule has 1 aliphatic heterocycles. The number of carbonyl (C=O) groups is 1. The minimum absolute atomic E-state index is 0.00694. The molecule has 4 aromatic rings. The lowest BCUT2D eigenvalue weighted by molar-refractivity contribution is 0.0238. The molecule has 1 amide bonds. The lowest BCUT2D eigenvalue weighted by Gasteiger charge is -2.09. The summed E-state index contributed by atoms with van der Waals surface area (Å²) >= 11 is 0. The second-order valence-corrected chi connectivity index (χ2v) is 7.11. The van der Waals surface area contributed by atoms with Crippen LogP contribution in [0.4, 0.5) is 14.5 Å². The van der Waals surface area contributed by atoms with Crippen molar-refractivity contribution in [3.8, 4) is 11.4 Å². The molecule has 0 saturated carbocycles. The van der Waals surface area contributed by atoms with Crippen molar-refractivity contribution in [2.75, 3.05) is 18.4 Å². The van der Waals surface area contributed by atoms with Gasteiger partial charge >= 0.3 is 0 Å². The number of hydrogen-bond acceptors (Lipinski definition) is 6. The largest absolute Gasteiger partial charge is 0.342 e. The summed E-state index contributed by atoms with van der Waals surface area (Å²) in [7, 11) is 0. The van der Waals surface area contributed by atoms with Crippen molar-refractivity contribution in [2.45, 2.75) is 19.3 Å². The quantitative estimate of drug-likeness (QED) is 0.520. The van der Waals surface area contributed by atoms with Gasteiger partial charge in [0, 0.05) is 30.4 Å². The van der Waals surface area contributed by atoms with Crippen molar-refractivity contribution in [3.05, 3.63) is 66.3 Å². The van der Waals surface area contributed by atoms with E-state index in [0.717, 1.165) is 16.6 Å². The zero-order valence-electron chi connectivity index (χ0n) is 16.7. The Hall–Kier alpha value is -3.66. The number of hydrogen-bond donors (Lipinski definition) is 2. The fourth-order valence-corrected chi connectivity index (χ4v) is 3.12. The highest BCUT2D eigenvalue weighted by Gasteiger charge is 2.32. The molecule has 2 N–H and O–H groups in total. The lowest BCUT2D eigenvalue weighted by Crippen LogP contribution is -2.18. The van der Waals surface area contributed by atoms with E-state index >= 15 is 0 Å². The molecule has 1 aliphatic rings. The van der Waals surface area contributed by atoms with Gasteiger partial charge in [-0.2, -0.15) is 10.1 Å². The van der Waals surface area contributed by atoms with Gasteiger partial charge in [0.05, 0.1) is 23.8 Å². The number of halogens is 2. The summed E-state index contributed by atoms with van der Waals surface area (Å²) in [6.45, 7) is 2.26. The zero-order valence-corrected chi connectivity index (χ0v) is 16.7. The highest BCUT2D eigenvalue weighted by Crippen LogP contribution is 2.24. The Kier molecular flexibility index (Phi) is 5.72. The fraction of sp³-hybridized carbons (Fsp3) is 0.238. The van der Waals surface area contributed by atoms with Crippen LogP contribution in [0.25, 0.3) is 16.9 Å². The third kappa shape index (κ3) is 4.75. The van der Waals surface area contributed by atoms with Crippen LogP contribution >= 0.6 is 0 Å². The van der Waals surface area contributed by atoms with Crippen LogP contribution in [0.1, 0.15) is 22.3 Å². The topological polar surface area (TPSA) is 97.4 Å². The van der Waals surface area contributed by atoms with E-state index in [1.807, 2.05) is 43.3 Å². The van der Waals surface area contributed by atoms with Crippen LogP contribution < -0.4 is 10.6 Å².